The predicted molar refractivity (Wildman–Crippen MR) is 96.6 cm³/mol. The standard InChI is InChI=1S/C20H18BNO4/c1-12(2)16(20(25)26-17(21)13-8-4-3-5-9-13)22-18(23)14-10-6-7-11-15(14)19(22)24/h3-12,16-17H,1-2H3. The van der Waals surface area contributed by atoms with Crippen molar-refractivity contribution in [1.82, 2.24) is 4.90 Å². The fraction of sp³-hybridized carbons (Fsp3) is 0.250. The Labute approximate surface area is 153 Å². The van der Waals surface area contributed by atoms with Crippen LogP contribution < -0.4 is 0 Å². The van der Waals surface area contributed by atoms with E-state index in [1.165, 1.54) is 0 Å². The molecular formula is C20H18BNO4. The van der Waals surface area contributed by atoms with Gasteiger partial charge in [0.2, 0.25) is 0 Å². The molecule has 0 aliphatic carbocycles. The number of ether oxygens (including phenoxy) is 1. The molecule has 2 radical (unpaired) electrons. The van der Waals surface area contributed by atoms with Crippen molar-refractivity contribution in [3.8, 4) is 0 Å². The van der Waals surface area contributed by atoms with Gasteiger partial charge in [-0.05, 0) is 23.6 Å². The van der Waals surface area contributed by atoms with Crippen molar-refractivity contribution >= 4 is 25.6 Å². The average Bonchev–Trinajstić information content (AvgIpc) is 2.88. The molecule has 0 saturated carbocycles. The molecule has 2 aromatic rings. The van der Waals surface area contributed by atoms with Gasteiger partial charge in [0.25, 0.3) is 11.8 Å². The number of esters is 1. The first kappa shape index (κ1) is 17.9. The molecule has 0 N–H and O–H groups in total. The first-order valence-corrected chi connectivity index (χ1v) is 8.39. The number of carbonyl (C=O) groups excluding carboxylic acids is 3. The van der Waals surface area contributed by atoms with Crippen molar-refractivity contribution in [2.75, 3.05) is 0 Å². The summed E-state index contributed by atoms with van der Waals surface area (Å²) in [6, 6.07) is 13.4. The number of hydrogen-bond acceptors (Lipinski definition) is 4. The summed E-state index contributed by atoms with van der Waals surface area (Å²) in [5.74, 6) is -2.01. The molecule has 26 heavy (non-hydrogen) atoms. The van der Waals surface area contributed by atoms with E-state index in [-0.39, 0.29) is 5.92 Å². The monoisotopic (exact) mass is 347 g/mol. The molecule has 0 fully saturated rings. The van der Waals surface area contributed by atoms with Crippen molar-refractivity contribution in [2.24, 2.45) is 5.92 Å². The van der Waals surface area contributed by atoms with Gasteiger partial charge in [-0.2, -0.15) is 0 Å². The van der Waals surface area contributed by atoms with Gasteiger partial charge in [0.15, 0.2) is 0 Å². The minimum absolute atomic E-state index is 0.295. The van der Waals surface area contributed by atoms with Gasteiger partial charge in [-0.15, -0.1) is 0 Å². The second-order valence-electron chi connectivity index (χ2n) is 6.48. The highest BCUT2D eigenvalue weighted by molar-refractivity contribution is 6.22. The second kappa shape index (κ2) is 7.16. The summed E-state index contributed by atoms with van der Waals surface area (Å²) >= 11 is 0. The summed E-state index contributed by atoms with van der Waals surface area (Å²) in [6.45, 7) is 3.51. The molecule has 2 aromatic carbocycles. The Balaban J connectivity index is 1.85. The lowest BCUT2D eigenvalue weighted by molar-refractivity contribution is -0.152. The smallest absolute Gasteiger partial charge is 0.329 e. The summed E-state index contributed by atoms with van der Waals surface area (Å²) in [4.78, 5) is 39.1. The van der Waals surface area contributed by atoms with Crippen LogP contribution in [0.4, 0.5) is 0 Å². The van der Waals surface area contributed by atoms with Crippen molar-refractivity contribution in [3.63, 3.8) is 0 Å². The number of benzene rings is 2. The lowest BCUT2D eigenvalue weighted by Gasteiger charge is -2.29. The third-order valence-electron chi connectivity index (χ3n) is 4.35. The molecule has 2 amide bonds. The minimum atomic E-state index is -1.04. The molecule has 3 rings (SSSR count). The normalized spacial score (nSPS) is 15.7. The van der Waals surface area contributed by atoms with E-state index in [1.54, 1.807) is 62.4 Å². The molecule has 1 aliphatic heterocycles. The Morgan fingerprint density at radius 3 is 1.92 bits per heavy atom. The van der Waals surface area contributed by atoms with Gasteiger partial charge < -0.3 is 4.74 Å². The van der Waals surface area contributed by atoms with Crippen molar-refractivity contribution in [1.29, 1.82) is 0 Å². The second-order valence-corrected chi connectivity index (χ2v) is 6.48. The van der Waals surface area contributed by atoms with Gasteiger partial charge in [0.1, 0.15) is 13.9 Å². The topological polar surface area (TPSA) is 63.7 Å². The third kappa shape index (κ3) is 3.15. The lowest BCUT2D eigenvalue weighted by Crippen LogP contribution is -2.49. The first-order valence-electron chi connectivity index (χ1n) is 8.39. The number of fused-ring (bicyclic) bond motifs is 1. The number of nitrogens with zero attached hydrogens (tertiary/aromatic N) is 1. The van der Waals surface area contributed by atoms with Crippen molar-refractivity contribution in [3.05, 3.63) is 71.3 Å². The Morgan fingerprint density at radius 1 is 0.923 bits per heavy atom. The summed E-state index contributed by atoms with van der Waals surface area (Å²) in [5.41, 5.74) is 1.22. The Hall–Kier alpha value is -2.89. The summed E-state index contributed by atoms with van der Waals surface area (Å²) in [6.07, 6.45) is 0. The number of imide groups is 1. The molecule has 1 aliphatic rings. The summed E-state index contributed by atoms with van der Waals surface area (Å²) in [5, 5.41) is 0. The van der Waals surface area contributed by atoms with Gasteiger partial charge in [-0.1, -0.05) is 56.3 Å². The molecule has 6 heteroatoms. The maximum Gasteiger partial charge on any atom is 0.329 e. The SMILES string of the molecule is [B]C(OC(=O)C(C(C)C)N1C(=O)c2ccccc2C1=O)c1ccccc1. The molecule has 130 valence electrons. The zero-order valence-electron chi connectivity index (χ0n) is 14.6. The average molecular weight is 347 g/mol. The van der Waals surface area contributed by atoms with Crippen LogP contribution in [0.5, 0.6) is 0 Å². The fourth-order valence-electron chi connectivity index (χ4n) is 3.04. The molecule has 1 heterocycles. The van der Waals surface area contributed by atoms with E-state index in [4.69, 9.17) is 12.6 Å². The Kier molecular flexibility index (Phi) is 4.93. The minimum Gasteiger partial charge on any atom is -0.467 e. The van der Waals surface area contributed by atoms with E-state index < -0.39 is 29.8 Å². The predicted octanol–water partition coefficient (Wildman–Crippen LogP) is 2.72. The lowest BCUT2D eigenvalue weighted by atomic mass is 9.92. The molecule has 0 saturated heterocycles. The fourth-order valence-corrected chi connectivity index (χ4v) is 3.04. The van der Waals surface area contributed by atoms with Gasteiger partial charge >= 0.3 is 5.97 Å². The quantitative estimate of drug-likeness (QED) is 0.474. The number of amides is 2. The highest BCUT2D eigenvalue weighted by Gasteiger charge is 2.44. The summed E-state index contributed by atoms with van der Waals surface area (Å²) < 4.78 is 5.36. The highest BCUT2D eigenvalue weighted by Crippen LogP contribution is 2.28. The molecule has 0 spiro atoms. The van der Waals surface area contributed by atoms with Crippen LogP contribution in [0.1, 0.15) is 46.1 Å². The number of rotatable bonds is 5. The molecule has 0 bridgehead atoms. The molecule has 0 aromatic heterocycles. The van der Waals surface area contributed by atoms with Gasteiger partial charge in [0, 0.05) is 0 Å². The summed E-state index contributed by atoms with van der Waals surface area (Å²) in [7, 11) is 5.95. The van der Waals surface area contributed by atoms with Crippen LogP contribution in [-0.4, -0.2) is 36.6 Å². The van der Waals surface area contributed by atoms with E-state index in [1.807, 2.05) is 6.07 Å². The van der Waals surface area contributed by atoms with E-state index in [0.29, 0.717) is 16.7 Å². The maximum absolute atomic E-state index is 12.7. The van der Waals surface area contributed by atoms with E-state index in [2.05, 4.69) is 0 Å². The van der Waals surface area contributed by atoms with E-state index in [9.17, 15) is 14.4 Å². The molecular weight excluding hydrogens is 329 g/mol. The van der Waals surface area contributed by atoms with Crippen LogP contribution in [0.15, 0.2) is 54.6 Å². The van der Waals surface area contributed by atoms with Gasteiger partial charge in [0.05, 0.1) is 17.1 Å². The van der Waals surface area contributed by atoms with Crippen LogP contribution in [-0.2, 0) is 9.53 Å². The first-order chi connectivity index (χ1) is 12.4. The highest BCUT2D eigenvalue weighted by atomic mass is 16.5. The van der Waals surface area contributed by atoms with Crippen molar-refractivity contribution in [2.45, 2.75) is 25.9 Å². The van der Waals surface area contributed by atoms with Crippen LogP contribution in [0.25, 0.3) is 0 Å². The molecule has 5 nitrogen and oxygen atoms in total. The Bertz CT molecular complexity index is 815. The van der Waals surface area contributed by atoms with Crippen LogP contribution in [0.2, 0.25) is 0 Å². The largest absolute Gasteiger partial charge is 0.467 e. The van der Waals surface area contributed by atoms with Crippen molar-refractivity contribution < 1.29 is 19.1 Å². The maximum atomic E-state index is 12.7. The number of carbonyl (C=O) groups is 3. The molecule has 2 atom stereocenters. The van der Waals surface area contributed by atoms with E-state index >= 15 is 0 Å². The van der Waals surface area contributed by atoms with Gasteiger partial charge in [-0.25, -0.2) is 4.79 Å². The zero-order chi connectivity index (χ0) is 18.8. The van der Waals surface area contributed by atoms with Gasteiger partial charge in [-0.3, -0.25) is 14.5 Å². The zero-order valence-corrected chi connectivity index (χ0v) is 14.6. The van der Waals surface area contributed by atoms with Crippen LogP contribution >= 0.6 is 0 Å². The van der Waals surface area contributed by atoms with Crippen LogP contribution in [0, 0.1) is 5.92 Å². The van der Waals surface area contributed by atoms with Crippen LogP contribution in [0.3, 0.4) is 0 Å². The third-order valence-corrected chi connectivity index (χ3v) is 4.35. The molecule has 2 unspecified atom stereocenters. The number of hydrogen-bond donors (Lipinski definition) is 0. The van der Waals surface area contributed by atoms with E-state index in [0.717, 1.165) is 4.90 Å². The Morgan fingerprint density at radius 2 is 1.42 bits per heavy atom.